The molecule has 0 spiro atoms. The second-order valence-corrected chi connectivity index (χ2v) is 5.86. The predicted octanol–water partition coefficient (Wildman–Crippen LogP) is 3.19. The van der Waals surface area contributed by atoms with Crippen molar-refractivity contribution in [3.8, 4) is 5.75 Å². The SMILES string of the molecule is I.NC(=NCc1ccc(OC(F)(F)F)cc1)NCCCOC1CCOCC1. The van der Waals surface area contributed by atoms with Crippen molar-refractivity contribution in [2.24, 2.45) is 10.7 Å². The lowest BCUT2D eigenvalue weighted by Gasteiger charge is -2.22. The monoisotopic (exact) mass is 503 g/mol. The van der Waals surface area contributed by atoms with Gasteiger partial charge in [-0.2, -0.15) is 0 Å². The van der Waals surface area contributed by atoms with Crippen LogP contribution in [0.25, 0.3) is 0 Å². The summed E-state index contributed by atoms with van der Waals surface area (Å²) in [7, 11) is 0. The highest BCUT2D eigenvalue weighted by atomic mass is 127. The number of halogens is 4. The van der Waals surface area contributed by atoms with Crippen molar-refractivity contribution < 1.29 is 27.4 Å². The van der Waals surface area contributed by atoms with Crippen LogP contribution >= 0.6 is 24.0 Å². The number of alkyl halides is 3. The molecule has 6 nitrogen and oxygen atoms in total. The Morgan fingerprint density at radius 2 is 1.89 bits per heavy atom. The summed E-state index contributed by atoms with van der Waals surface area (Å²) in [5, 5.41) is 2.98. The second-order valence-electron chi connectivity index (χ2n) is 5.86. The minimum Gasteiger partial charge on any atom is -0.406 e. The third-order valence-electron chi connectivity index (χ3n) is 3.74. The van der Waals surface area contributed by atoms with Crippen molar-refractivity contribution in [1.29, 1.82) is 0 Å². The maximum Gasteiger partial charge on any atom is 0.573 e. The summed E-state index contributed by atoms with van der Waals surface area (Å²) >= 11 is 0. The molecule has 1 saturated heterocycles. The standard InChI is InChI=1S/C17H24F3N3O3.HI/c18-17(19,20)26-15-4-2-13(3-5-15)12-23-16(21)22-8-1-9-25-14-6-10-24-11-7-14;/h2-5,14H,1,6-12H2,(H3,21,22,23);1H. The maximum absolute atomic E-state index is 12.1. The van der Waals surface area contributed by atoms with Crippen LogP contribution in [0.3, 0.4) is 0 Å². The van der Waals surface area contributed by atoms with E-state index in [1.165, 1.54) is 24.3 Å². The zero-order valence-electron chi connectivity index (χ0n) is 14.8. The Labute approximate surface area is 173 Å². The Balaban J connectivity index is 0.00000364. The van der Waals surface area contributed by atoms with Crippen molar-refractivity contribution in [3.63, 3.8) is 0 Å². The summed E-state index contributed by atoms with van der Waals surface area (Å²) < 4.78 is 51.1. The molecule has 0 aromatic heterocycles. The topological polar surface area (TPSA) is 78.1 Å². The summed E-state index contributed by atoms with van der Waals surface area (Å²) in [6.45, 7) is 3.06. The lowest BCUT2D eigenvalue weighted by molar-refractivity contribution is -0.274. The fourth-order valence-corrected chi connectivity index (χ4v) is 2.41. The summed E-state index contributed by atoms with van der Waals surface area (Å²) in [4.78, 5) is 4.15. The maximum atomic E-state index is 12.1. The van der Waals surface area contributed by atoms with Gasteiger partial charge in [0.2, 0.25) is 0 Å². The Bertz CT molecular complexity index is 565. The summed E-state index contributed by atoms with van der Waals surface area (Å²) in [5.41, 5.74) is 6.50. The van der Waals surface area contributed by atoms with Crippen LogP contribution < -0.4 is 15.8 Å². The number of aliphatic imine (C=N–C) groups is 1. The molecule has 0 aliphatic carbocycles. The molecule has 0 saturated carbocycles. The highest BCUT2D eigenvalue weighted by Crippen LogP contribution is 2.22. The van der Waals surface area contributed by atoms with E-state index in [2.05, 4.69) is 15.0 Å². The van der Waals surface area contributed by atoms with Crippen LogP contribution in [0.2, 0.25) is 0 Å². The largest absolute Gasteiger partial charge is 0.573 e. The van der Waals surface area contributed by atoms with E-state index in [4.69, 9.17) is 15.2 Å². The number of ether oxygens (including phenoxy) is 3. The number of rotatable bonds is 8. The molecule has 1 aliphatic rings. The van der Waals surface area contributed by atoms with Gasteiger partial charge >= 0.3 is 6.36 Å². The van der Waals surface area contributed by atoms with Gasteiger partial charge in [0.15, 0.2) is 5.96 Å². The molecule has 1 fully saturated rings. The van der Waals surface area contributed by atoms with Gasteiger partial charge in [-0.05, 0) is 37.0 Å². The first-order chi connectivity index (χ1) is 12.4. The van der Waals surface area contributed by atoms with E-state index in [-0.39, 0.29) is 48.3 Å². The molecule has 1 aromatic carbocycles. The summed E-state index contributed by atoms with van der Waals surface area (Å²) in [6, 6.07) is 5.52. The number of benzene rings is 1. The minimum absolute atomic E-state index is 0. The highest BCUT2D eigenvalue weighted by molar-refractivity contribution is 14.0. The first-order valence-corrected chi connectivity index (χ1v) is 8.50. The van der Waals surface area contributed by atoms with Gasteiger partial charge in [0, 0.05) is 26.4 Å². The zero-order chi connectivity index (χ0) is 18.8. The molecular formula is C17H25F3IN3O3. The Hall–Kier alpha value is -1.27. The molecule has 154 valence electrons. The third-order valence-corrected chi connectivity index (χ3v) is 3.74. The van der Waals surface area contributed by atoms with Gasteiger partial charge in [-0.3, -0.25) is 0 Å². The van der Waals surface area contributed by atoms with Crippen molar-refractivity contribution in [2.75, 3.05) is 26.4 Å². The van der Waals surface area contributed by atoms with Crippen molar-refractivity contribution in [1.82, 2.24) is 5.32 Å². The Kier molecular flexibility index (Phi) is 10.8. The van der Waals surface area contributed by atoms with Crippen LogP contribution in [0.4, 0.5) is 13.2 Å². The zero-order valence-corrected chi connectivity index (χ0v) is 17.2. The van der Waals surface area contributed by atoms with Crippen molar-refractivity contribution in [3.05, 3.63) is 29.8 Å². The van der Waals surface area contributed by atoms with Crippen LogP contribution in [0.15, 0.2) is 29.3 Å². The second kappa shape index (κ2) is 12.2. The van der Waals surface area contributed by atoms with Crippen molar-refractivity contribution >= 4 is 29.9 Å². The first kappa shape index (κ1) is 23.8. The average Bonchev–Trinajstić information content (AvgIpc) is 2.60. The fraction of sp³-hybridized carbons (Fsp3) is 0.588. The van der Waals surface area contributed by atoms with Gasteiger partial charge in [-0.15, -0.1) is 37.1 Å². The van der Waals surface area contributed by atoms with Crippen LogP contribution in [-0.2, 0) is 16.0 Å². The molecule has 1 aromatic rings. The molecule has 3 N–H and O–H groups in total. The Morgan fingerprint density at radius 1 is 1.22 bits per heavy atom. The normalized spacial score (nSPS) is 15.9. The van der Waals surface area contributed by atoms with Crippen LogP contribution in [0.5, 0.6) is 5.75 Å². The third kappa shape index (κ3) is 10.6. The summed E-state index contributed by atoms with van der Waals surface area (Å²) in [5.74, 6) is 0.0209. The van der Waals surface area contributed by atoms with Crippen LogP contribution in [0.1, 0.15) is 24.8 Å². The molecule has 0 bridgehead atoms. The summed E-state index contributed by atoms with van der Waals surface area (Å²) in [6.07, 6.45) is -1.74. The van der Waals surface area contributed by atoms with E-state index < -0.39 is 6.36 Å². The molecule has 2 rings (SSSR count). The Morgan fingerprint density at radius 3 is 2.52 bits per heavy atom. The lowest BCUT2D eigenvalue weighted by atomic mass is 10.1. The fourth-order valence-electron chi connectivity index (χ4n) is 2.41. The molecule has 1 aliphatic heterocycles. The highest BCUT2D eigenvalue weighted by Gasteiger charge is 2.30. The molecule has 0 unspecified atom stereocenters. The van der Waals surface area contributed by atoms with Crippen molar-refractivity contribution in [2.45, 2.75) is 38.3 Å². The number of hydrogen-bond donors (Lipinski definition) is 2. The number of guanidine groups is 1. The molecule has 10 heteroatoms. The quantitative estimate of drug-likeness (QED) is 0.247. The number of hydrogen-bond acceptors (Lipinski definition) is 4. The minimum atomic E-state index is -4.69. The van der Waals surface area contributed by atoms with Gasteiger partial charge < -0.3 is 25.3 Å². The van der Waals surface area contributed by atoms with E-state index in [9.17, 15) is 13.2 Å². The molecule has 0 radical (unpaired) electrons. The van der Waals surface area contributed by atoms with Crippen LogP contribution in [-0.4, -0.2) is 44.8 Å². The van der Waals surface area contributed by atoms with Crippen LogP contribution in [0, 0.1) is 0 Å². The number of nitrogens with one attached hydrogen (secondary N) is 1. The van der Waals surface area contributed by atoms with E-state index in [1.54, 1.807) is 0 Å². The number of nitrogens with two attached hydrogens (primary N) is 1. The predicted molar refractivity (Wildman–Crippen MR) is 106 cm³/mol. The molecule has 27 heavy (non-hydrogen) atoms. The van der Waals surface area contributed by atoms with Gasteiger partial charge in [0.25, 0.3) is 0 Å². The van der Waals surface area contributed by atoms with Gasteiger partial charge in [-0.1, -0.05) is 12.1 Å². The molecular weight excluding hydrogens is 478 g/mol. The smallest absolute Gasteiger partial charge is 0.406 e. The lowest BCUT2D eigenvalue weighted by Crippen LogP contribution is -2.33. The number of nitrogens with zero attached hydrogens (tertiary/aromatic N) is 1. The molecule has 1 heterocycles. The molecule has 0 amide bonds. The van der Waals surface area contributed by atoms with E-state index in [0.717, 1.165) is 38.0 Å². The van der Waals surface area contributed by atoms with E-state index >= 15 is 0 Å². The van der Waals surface area contributed by atoms with Gasteiger partial charge in [0.1, 0.15) is 5.75 Å². The van der Waals surface area contributed by atoms with Gasteiger partial charge in [0.05, 0.1) is 12.6 Å². The van der Waals surface area contributed by atoms with E-state index in [1.807, 2.05) is 0 Å². The average molecular weight is 503 g/mol. The first-order valence-electron chi connectivity index (χ1n) is 8.50. The van der Waals surface area contributed by atoms with Gasteiger partial charge in [-0.25, -0.2) is 4.99 Å². The molecule has 0 atom stereocenters. The van der Waals surface area contributed by atoms with E-state index in [0.29, 0.717) is 13.2 Å².